The number of aromatic nitrogens is 3. The van der Waals surface area contributed by atoms with E-state index < -0.39 is 0 Å². The van der Waals surface area contributed by atoms with Gasteiger partial charge in [-0.15, -0.1) is 0 Å². The summed E-state index contributed by atoms with van der Waals surface area (Å²) >= 11 is 0. The minimum atomic E-state index is 0.566. The third-order valence-corrected chi connectivity index (χ3v) is 4.34. The first-order chi connectivity index (χ1) is 13.3. The lowest BCUT2D eigenvalue weighted by Gasteiger charge is -2.08. The fourth-order valence-electron chi connectivity index (χ4n) is 2.88. The highest BCUT2D eigenvalue weighted by molar-refractivity contribution is 5.57. The van der Waals surface area contributed by atoms with Crippen molar-refractivity contribution in [1.29, 1.82) is 0 Å². The molecule has 4 heteroatoms. The van der Waals surface area contributed by atoms with Gasteiger partial charge in [-0.1, -0.05) is 42.5 Å². The van der Waals surface area contributed by atoms with Crippen LogP contribution in [0.4, 0.5) is 0 Å². The molecule has 0 aliphatic heterocycles. The molecule has 0 aliphatic rings. The van der Waals surface area contributed by atoms with Crippen LogP contribution in [0, 0.1) is 6.92 Å². The van der Waals surface area contributed by atoms with Crippen LogP contribution >= 0.6 is 0 Å². The lowest BCUT2D eigenvalue weighted by atomic mass is 10.2. The number of aryl methyl sites for hydroxylation is 1. The van der Waals surface area contributed by atoms with Crippen molar-refractivity contribution < 1.29 is 4.74 Å². The Labute approximate surface area is 159 Å². The van der Waals surface area contributed by atoms with E-state index in [1.165, 1.54) is 0 Å². The van der Waals surface area contributed by atoms with Crippen molar-refractivity contribution in [3.8, 4) is 17.0 Å². The smallest absolute Gasteiger partial charge is 0.120 e. The monoisotopic (exact) mass is 355 g/mol. The second kappa shape index (κ2) is 7.87. The average molecular weight is 355 g/mol. The topological polar surface area (TPSA) is 39.9 Å². The summed E-state index contributed by atoms with van der Waals surface area (Å²) in [4.78, 5) is 4.34. The van der Waals surface area contributed by atoms with Gasteiger partial charge in [-0.25, -0.2) is 0 Å². The predicted molar refractivity (Wildman–Crippen MR) is 107 cm³/mol. The Kier molecular flexibility index (Phi) is 4.97. The molecular formula is C23H21N3O. The fraction of sp³-hybridized carbons (Fsp3) is 0.130. The van der Waals surface area contributed by atoms with Crippen molar-refractivity contribution in [1.82, 2.24) is 14.8 Å². The van der Waals surface area contributed by atoms with Crippen LogP contribution in [0.5, 0.6) is 5.75 Å². The molecule has 27 heavy (non-hydrogen) atoms. The third-order valence-electron chi connectivity index (χ3n) is 4.34. The summed E-state index contributed by atoms with van der Waals surface area (Å²) < 4.78 is 7.85. The molecular weight excluding hydrogens is 334 g/mol. The van der Waals surface area contributed by atoms with Gasteiger partial charge in [0.15, 0.2) is 0 Å². The molecule has 4 nitrogen and oxygen atoms in total. The van der Waals surface area contributed by atoms with Crippen LogP contribution < -0.4 is 4.74 Å². The minimum Gasteiger partial charge on any atom is -0.489 e. The molecule has 0 saturated carbocycles. The lowest BCUT2D eigenvalue weighted by Crippen LogP contribution is -2.01. The van der Waals surface area contributed by atoms with Gasteiger partial charge in [0.2, 0.25) is 0 Å². The van der Waals surface area contributed by atoms with Crippen molar-refractivity contribution >= 4 is 0 Å². The summed E-state index contributed by atoms with van der Waals surface area (Å²) in [6.45, 7) is 3.24. The molecule has 0 radical (unpaired) electrons. The molecule has 0 aliphatic carbocycles. The first-order valence-electron chi connectivity index (χ1n) is 8.98. The molecule has 4 aromatic rings. The number of nitrogens with zero attached hydrogens (tertiary/aromatic N) is 3. The zero-order valence-corrected chi connectivity index (χ0v) is 15.2. The van der Waals surface area contributed by atoms with Gasteiger partial charge in [0, 0.05) is 23.7 Å². The standard InChI is InChI=1S/C23H21N3O/c1-18-10-11-21(15-24-18)23-12-13-26(25-23)16-20-8-5-9-22(14-20)27-17-19-6-3-2-4-7-19/h2-15H,16-17H2,1H3. The predicted octanol–water partition coefficient (Wildman–Crippen LogP) is 4.88. The van der Waals surface area contributed by atoms with E-state index in [4.69, 9.17) is 4.74 Å². The van der Waals surface area contributed by atoms with Crippen LogP contribution in [0.1, 0.15) is 16.8 Å². The van der Waals surface area contributed by atoms with E-state index in [9.17, 15) is 0 Å². The van der Waals surface area contributed by atoms with Gasteiger partial charge in [-0.05, 0) is 48.4 Å². The maximum Gasteiger partial charge on any atom is 0.120 e. The number of rotatable bonds is 6. The van der Waals surface area contributed by atoms with E-state index in [1.807, 2.05) is 72.5 Å². The number of benzene rings is 2. The maximum absolute atomic E-state index is 5.92. The number of hydrogen-bond donors (Lipinski definition) is 0. The van der Waals surface area contributed by atoms with Gasteiger partial charge < -0.3 is 4.74 Å². The number of ether oxygens (including phenoxy) is 1. The van der Waals surface area contributed by atoms with Gasteiger partial charge in [0.1, 0.15) is 12.4 Å². The highest BCUT2D eigenvalue weighted by atomic mass is 16.5. The largest absolute Gasteiger partial charge is 0.489 e. The molecule has 0 fully saturated rings. The maximum atomic E-state index is 5.92. The quantitative estimate of drug-likeness (QED) is 0.495. The first kappa shape index (κ1) is 17.0. The molecule has 0 amide bonds. The molecule has 0 unspecified atom stereocenters. The number of pyridine rings is 1. The van der Waals surface area contributed by atoms with Crippen LogP contribution in [0.15, 0.2) is 85.2 Å². The Balaban J connectivity index is 1.43. The van der Waals surface area contributed by atoms with Crippen LogP contribution in [0.25, 0.3) is 11.3 Å². The highest BCUT2D eigenvalue weighted by Gasteiger charge is 2.04. The Morgan fingerprint density at radius 1 is 0.889 bits per heavy atom. The van der Waals surface area contributed by atoms with Crippen LogP contribution in [-0.4, -0.2) is 14.8 Å². The Hall–Kier alpha value is -3.40. The summed E-state index contributed by atoms with van der Waals surface area (Å²) in [5, 5.41) is 4.66. The van der Waals surface area contributed by atoms with E-state index in [0.29, 0.717) is 13.2 Å². The van der Waals surface area contributed by atoms with Crippen molar-refractivity contribution in [2.45, 2.75) is 20.1 Å². The molecule has 2 aromatic carbocycles. The summed E-state index contributed by atoms with van der Waals surface area (Å²) in [7, 11) is 0. The lowest BCUT2D eigenvalue weighted by molar-refractivity contribution is 0.306. The second-order valence-corrected chi connectivity index (χ2v) is 6.51. The Morgan fingerprint density at radius 2 is 1.74 bits per heavy atom. The normalized spacial score (nSPS) is 10.7. The van der Waals surface area contributed by atoms with Gasteiger partial charge >= 0.3 is 0 Å². The van der Waals surface area contributed by atoms with E-state index in [-0.39, 0.29) is 0 Å². The fourth-order valence-corrected chi connectivity index (χ4v) is 2.88. The van der Waals surface area contributed by atoms with Gasteiger partial charge in [0.25, 0.3) is 0 Å². The zero-order chi connectivity index (χ0) is 18.5. The zero-order valence-electron chi connectivity index (χ0n) is 15.2. The molecule has 0 N–H and O–H groups in total. The minimum absolute atomic E-state index is 0.566. The van der Waals surface area contributed by atoms with E-state index in [1.54, 1.807) is 0 Å². The van der Waals surface area contributed by atoms with Crippen LogP contribution in [-0.2, 0) is 13.2 Å². The summed E-state index contributed by atoms with van der Waals surface area (Å²) in [6.07, 6.45) is 3.85. The van der Waals surface area contributed by atoms with Crippen molar-refractivity contribution in [2.24, 2.45) is 0 Å². The molecule has 2 aromatic heterocycles. The van der Waals surface area contributed by atoms with Crippen LogP contribution in [0.2, 0.25) is 0 Å². The summed E-state index contributed by atoms with van der Waals surface area (Å²) in [5.74, 6) is 0.867. The van der Waals surface area contributed by atoms with Gasteiger partial charge in [0.05, 0.1) is 12.2 Å². The second-order valence-electron chi connectivity index (χ2n) is 6.51. The van der Waals surface area contributed by atoms with Crippen LogP contribution in [0.3, 0.4) is 0 Å². The number of hydrogen-bond acceptors (Lipinski definition) is 3. The first-order valence-corrected chi connectivity index (χ1v) is 8.98. The molecule has 0 spiro atoms. The summed E-state index contributed by atoms with van der Waals surface area (Å²) in [6, 6.07) is 24.4. The molecule has 0 atom stereocenters. The SMILES string of the molecule is Cc1ccc(-c2ccn(Cc3cccc(OCc4ccccc4)c3)n2)cn1. The van der Waals surface area contributed by atoms with E-state index in [2.05, 4.69) is 34.3 Å². The average Bonchev–Trinajstić information content (AvgIpc) is 3.16. The molecule has 0 bridgehead atoms. The molecule has 134 valence electrons. The summed E-state index contributed by atoms with van der Waals surface area (Å²) in [5.41, 5.74) is 5.27. The van der Waals surface area contributed by atoms with Crippen molar-refractivity contribution in [3.05, 3.63) is 102 Å². The molecule has 4 rings (SSSR count). The van der Waals surface area contributed by atoms with E-state index >= 15 is 0 Å². The van der Waals surface area contributed by atoms with Crippen molar-refractivity contribution in [3.63, 3.8) is 0 Å². The van der Waals surface area contributed by atoms with E-state index in [0.717, 1.165) is 33.8 Å². The van der Waals surface area contributed by atoms with Gasteiger partial charge in [-0.2, -0.15) is 5.10 Å². The van der Waals surface area contributed by atoms with Gasteiger partial charge in [-0.3, -0.25) is 9.67 Å². The Morgan fingerprint density at radius 3 is 2.56 bits per heavy atom. The Bertz CT molecular complexity index is 1010. The highest BCUT2D eigenvalue weighted by Crippen LogP contribution is 2.18. The molecule has 2 heterocycles. The molecule has 0 saturated heterocycles. The third kappa shape index (κ3) is 4.42. The van der Waals surface area contributed by atoms with Crippen molar-refractivity contribution in [2.75, 3.05) is 0 Å².